The van der Waals surface area contributed by atoms with Gasteiger partial charge in [0.15, 0.2) is 0 Å². The van der Waals surface area contributed by atoms with Crippen molar-refractivity contribution in [3.63, 3.8) is 0 Å². The molecule has 0 saturated carbocycles. The molecule has 17 heteroatoms. The van der Waals surface area contributed by atoms with E-state index in [2.05, 4.69) is 0 Å². The van der Waals surface area contributed by atoms with Crippen molar-refractivity contribution in [2.45, 2.75) is 0 Å². The average Bonchev–Trinajstić information content (AvgIpc) is 1.41. The van der Waals surface area contributed by atoms with E-state index in [1.165, 1.54) is 0 Å². The van der Waals surface area contributed by atoms with Gasteiger partial charge in [-0.05, 0) is 0 Å². The van der Waals surface area contributed by atoms with Crippen LogP contribution in [0, 0.1) is 0 Å². The molecule has 0 aromatic rings. The molecular formula is H12Mn3O12P2. The summed E-state index contributed by atoms with van der Waals surface area (Å²) in [7, 11) is 0. The predicted molar refractivity (Wildman–Crippen MR) is 34.7 cm³/mol. The minimum atomic E-state index is -5.62. The summed E-state index contributed by atoms with van der Waals surface area (Å²) in [6, 6.07) is 0. The maximum Gasteiger partial charge on any atom is -0.295 e. The van der Waals surface area contributed by atoms with E-state index in [1.54, 1.807) is 0 Å². The summed E-state index contributed by atoms with van der Waals surface area (Å²) in [4.78, 5) is 0. The molecule has 0 amide bonds. The van der Waals surface area contributed by atoms with Gasteiger partial charge in [-0.25, -0.2) is 0 Å². The first-order valence-corrected chi connectivity index (χ1v) is 7.63. The molecule has 0 heterocycles. The standard InChI is InChI=1S/3Mn.12O.2H6P/h;;;;;;;;;;;;;;;2*1H6/q;;;;;;;;;6*-1;2*+3. The summed E-state index contributed by atoms with van der Waals surface area (Å²) in [6.45, 7) is 0. The van der Waals surface area contributed by atoms with Gasteiger partial charge in [0.05, 0.1) is 0 Å². The molecule has 0 unspecified atom stereocenters. The van der Waals surface area contributed by atoms with Crippen molar-refractivity contribution in [1.29, 1.82) is 0 Å². The third-order valence-corrected chi connectivity index (χ3v) is 0. The van der Waals surface area contributed by atoms with Crippen LogP contribution in [-0.2, 0) is 63.1 Å². The summed E-state index contributed by atoms with van der Waals surface area (Å²) in [5, 5.41) is 0. The monoisotopic (exact) mass is 431 g/mol. The van der Waals surface area contributed by atoms with Crippen molar-refractivity contribution in [2.24, 2.45) is 0 Å². The van der Waals surface area contributed by atoms with Crippen LogP contribution >= 0.6 is 19.8 Å². The summed E-state index contributed by atoms with van der Waals surface area (Å²) in [6.07, 6.45) is 0. The second kappa shape index (κ2) is 12.0. The SMILES string of the molecule is [O]=[Mn](=[O])([O-])[O-].[O]=[Mn](=[O])([O-])[O-].[O]=[Mn](=[O])([O-])[O-].[PH6+3].[PH6+3]. The molecule has 0 spiro atoms. The zero-order valence-electron chi connectivity index (χ0n) is 6.03. The molecule has 0 aliphatic heterocycles. The second-order valence-electron chi connectivity index (χ2n) is 1.13. The quantitative estimate of drug-likeness (QED) is 0.257. The van der Waals surface area contributed by atoms with Crippen molar-refractivity contribution < 1.29 is 88.2 Å². The molecule has 0 saturated heterocycles. The zero-order chi connectivity index (χ0) is 13.5. The van der Waals surface area contributed by atoms with Crippen LogP contribution < -0.4 is 25.1 Å². The van der Waals surface area contributed by atoms with Crippen LogP contribution in [0.3, 0.4) is 0 Å². The van der Waals surface area contributed by atoms with Gasteiger partial charge < -0.3 is 0 Å². The Labute approximate surface area is 108 Å². The van der Waals surface area contributed by atoms with E-state index in [-0.39, 0.29) is 19.8 Å². The maximum absolute atomic E-state index is 8.58. The first-order chi connectivity index (χ1) is 6.00. The molecule has 0 aliphatic carbocycles. The van der Waals surface area contributed by atoms with Crippen molar-refractivity contribution in [3.05, 3.63) is 0 Å². The van der Waals surface area contributed by atoms with E-state index in [9.17, 15) is 0 Å². The van der Waals surface area contributed by atoms with E-state index in [4.69, 9.17) is 48.1 Å². The van der Waals surface area contributed by atoms with E-state index in [0.717, 1.165) is 0 Å². The molecule has 0 atom stereocenters. The Balaban J connectivity index is -0.0000000400. The van der Waals surface area contributed by atoms with Gasteiger partial charge in [0.25, 0.3) is 0 Å². The molecule has 0 bridgehead atoms. The van der Waals surface area contributed by atoms with Crippen LogP contribution in [0.25, 0.3) is 0 Å². The van der Waals surface area contributed by atoms with E-state index in [0.29, 0.717) is 0 Å². The number of hydrogen-bond donors (Lipinski definition) is 0. The Morgan fingerprint density at radius 2 is 0.412 bits per heavy atom. The number of hydrogen-bond acceptors (Lipinski definition) is 12. The Kier molecular flexibility index (Phi) is 21.8. The Morgan fingerprint density at radius 1 is 0.412 bits per heavy atom. The fraction of sp³-hybridized carbons (Fsp3) is 0. The van der Waals surface area contributed by atoms with Crippen LogP contribution in [0.2, 0.25) is 0 Å². The van der Waals surface area contributed by atoms with Crippen LogP contribution in [0.15, 0.2) is 0 Å². The van der Waals surface area contributed by atoms with Gasteiger partial charge >= 0.3 is 88.2 Å². The molecule has 0 N–H and O–H groups in total. The van der Waals surface area contributed by atoms with Gasteiger partial charge in [-0.3, -0.25) is 19.8 Å². The third-order valence-electron chi connectivity index (χ3n) is 0. The molecule has 0 aromatic heterocycles. The van der Waals surface area contributed by atoms with Crippen LogP contribution in [0.4, 0.5) is 0 Å². The molecule has 17 heavy (non-hydrogen) atoms. The molecule has 0 aliphatic rings. The first kappa shape index (κ1) is 30.8. The van der Waals surface area contributed by atoms with Crippen LogP contribution in [0.5, 0.6) is 0 Å². The van der Waals surface area contributed by atoms with Crippen LogP contribution in [0.1, 0.15) is 0 Å². The van der Waals surface area contributed by atoms with E-state index < -0.39 is 40.1 Å². The molecule has 0 aromatic carbocycles. The topological polar surface area (TPSA) is 241 Å². The van der Waals surface area contributed by atoms with Gasteiger partial charge in [0.1, 0.15) is 0 Å². The summed E-state index contributed by atoms with van der Waals surface area (Å²) < 4.78 is 103. The maximum atomic E-state index is 8.58. The van der Waals surface area contributed by atoms with Gasteiger partial charge in [-0.1, -0.05) is 0 Å². The largest absolute Gasteiger partial charge is 0.295 e. The fourth-order valence-electron chi connectivity index (χ4n) is 0. The molecular weight excluding hydrogens is 419 g/mol. The molecule has 115 valence electrons. The van der Waals surface area contributed by atoms with Gasteiger partial charge in [-0.2, -0.15) is 0 Å². The summed E-state index contributed by atoms with van der Waals surface area (Å²) in [5.41, 5.74) is 0. The van der Waals surface area contributed by atoms with Crippen molar-refractivity contribution >= 4 is 19.8 Å². The van der Waals surface area contributed by atoms with Crippen molar-refractivity contribution in [3.8, 4) is 0 Å². The van der Waals surface area contributed by atoms with Gasteiger partial charge in [0.2, 0.25) is 0 Å². The Bertz CT molecular complexity index is 341. The molecule has 0 rings (SSSR count). The normalized spacial score (nSPS) is 10.2. The minimum absolute atomic E-state index is 0. The summed E-state index contributed by atoms with van der Waals surface area (Å²) >= 11 is -16.9. The van der Waals surface area contributed by atoms with Gasteiger partial charge in [-0.15, -0.1) is 0 Å². The predicted octanol–water partition coefficient (Wildman–Crippen LogP) is -9.34. The number of rotatable bonds is 0. The fourth-order valence-corrected chi connectivity index (χ4v) is 0. The molecule has 0 radical (unpaired) electrons. The Morgan fingerprint density at radius 3 is 0.412 bits per heavy atom. The zero-order valence-corrected chi connectivity index (χ0v) is 9.57. The smallest absolute Gasteiger partial charge is 0.295 e. The third kappa shape index (κ3) is 3980. The molecule has 12 nitrogen and oxygen atoms in total. The van der Waals surface area contributed by atoms with E-state index in [1.807, 2.05) is 0 Å². The first-order valence-electron chi connectivity index (χ1n) is 1.85. The van der Waals surface area contributed by atoms with E-state index >= 15 is 0 Å². The van der Waals surface area contributed by atoms with Crippen molar-refractivity contribution in [1.82, 2.24) is 0 Å². The van der Waals surface area contributed by atoms with Crippen LogP contribution in [-0.4, -0.2) is 0 Å². The second-order valence-corrected chi connectivity index (χ2v) is 4.68. The average molecular weight is 431 g/mol. The van der Waals surface area contributed by atoms with Crippen molar-refractivity contribution in [2.75, 3.05) is 0 Å². The minimum Gasteiger partial charge on any atom is -0.295 e. The van der Waals surface area contributed by atoms with Gasteiger partial charge in [0, 0.05) is 0 Å². The summed E-state index contributed by atoms with van der Waals surface area (Å²) in [5.74, 6) is 0. The molecule has 0 fully saturated rings. The Hall–Kier alpha value is 0.978.